The Labute approximate surface area is 462 Å². The lowest BCUT2D eigenvalue weighted by Crippen LogP contribution is -2.35. The zero-order valence-corrected chi connectivity index (χ0v) is 50.5. The number of esters is 4. The van der Waals surface area contributed by atoms with Gasteiger partial charge in [-0.2, -0.15) is 0 Å². The van der Waals surface area contributed by atoms with E-state index >= 15 is 0 Å². The molecule has 78 heavy (non-hydrogen) atoms. The first-order chi connectivity index (χ1) is 36.9. The highest BCUT2D eigenvalue weighted by molar-refractivity contribution is 7.57. The number of allylic oxidation sites excluding steroid dienone is 4. The number of cyclic esters (lactones) is 2. The highest BCUT2D eigenvalue weighted by atomic mass is 31.2. The van der Waals surface area contributed by atoms with Gasteiger partial charge in [0.05, 0.1) is 32.1 Å². The van der Waals surface area contributed by atoms with Gasteiger partial charge in [0, 0.05) is 30.3 Å². The van der Waals surface area contributed by atoms with Gasteiger partial charge in [0.2, 0.25) is 0 Å². The Bertz CT molecular complexity index is 2950. The number of hydrogen-bond donors (Lipinski definition) is 3. The summed E-state index contributed by atoms with van der Waals surface area (Å²) in [5.41, 5.74) is 9.65. The molecule has 424 valence electrons. The maximum Gasteiger partial charge on any atom is 0.342 e. The van der Waals surface area contributed by atoms with Crippen LogP contribution in [-0.2, 0) is 76.6 Å². The molecule has 6 rings (SSSR count). The van der Waals surface area contributed by atoms with Crippen LogP contribution >= 0.6 is 15.0 Å². The molecule has 19 heteroatoms. The fourth-order valence-corrected chi connectivity index (χ4v) is 14.4. The van der Waals surface area contributed by atoms with Gasteiger partial charge in [-0.3, -0.25) is 18.7 Å². The number of rotatable bonds is 26. The molecule has 2 unspecified atom stereocenters. The lowest BCUT2D eigenvalue weighted by atomic mass is 9.89. The summed E-state index contributed by atoms with van der Waals surface area (Å²) in [6.45, 7) is 26.7. The molecular formula is C59H80N2O14P2Si. The number of benzene rings is 4. The van der Waals surface area contributed by atoms with Gasteiger partial charge in [0.1, 0.15) is 59.4 Å². The van der Waals surface area contributed by atoms with Crippen LogP contribution in [0.2, 0.25) is 25.7 Å². The van der Waals surface area contributed by atoms with E-state index in [1.807, 2.05) is 58.9 Å². The van der Waals surface area contributed by atoms with Gasteiger partial charge in [-0.25, -0.2) is 19.8 Å². The number of hydrogen-bond acceptors (Lipinski definition) is 14. The summed E-state index contributed by atoms with van der Waals surface area (Å²) in [7, 11) is -8.51. The molecule has 4 aromatic rings. The van der Waals surface area contributed by atoms with Gasteiger partial charge in [0.25, 0.3) is 0 Å². The zero-order valence-electron chi connectivity index (χ0n) is 47.7. The number of nitrogens with one attached hydrogen (secondary N) is 2. The van der Waals surface area contributed by atoms with Gasteiger partial charge in [-0.05, 0) is 134 Å². The van der Waals surface area contributed by atoms with Gasteiger partial charge in [-0.1, -0.05) is 93.2 Å². The van der Waals surface area contributed by atoms with E-state index in [0.717, 1.165) is 62.6 Å². The van der Waals surface area contributed by atoms with Crippen LogP contribution in [0.5, 0.6) is 23.0 Å². The van der Waals surface area contributed by atoms with Crippen LogP contribution in [0.1, 0.15) is 121 Å². The second-order valence-electron chi connectivity index (χ2n) is 20.8. The lowest BCUT2D eigenvalue weighted by molar-refractivity contribution is -0.145. The predicted octanol–water partition coefficient (Wildman–Crippen LogP) is 12.5. The van der Waals surface area contributed by atoms with Crippen LogP contribution in [-0.4, -0.2) is 81.3 Å². The van der Waals surface area contributed by atoms with E-state index < -0.39 is 53.1 Å². The summed E-state index contributed by atoms with van der Waals surface area (Å²) in [6, 6.07) is 17.0. The van der Waals surface area contributed by atoms with Crippen molar-refractivity contribution in [1.29, 1.82) is 0 Å². The smallest absolute Gasteiger partial charge is 0.342 e. The topological polar surface area (TPSA) is 211 Å². The van der Waals surface area contributed by atoms with Crippen LogP contribution < -0.4 is 24.0 Å². The number of phenols is 1. The van der Waals surface area contributed by atoms with Crippen molar-refractivity contribution in [2.45, 2.75) is 146 Å². The summed E-state index contributed by atoms with van der Waals surface area (Å²) < 4.78 is 67.0. The fraction of sp³-hybridized carbons (Fsp3) is 0.458. The lowest BCUT2D eigenvalue weighted by Gasteiger charge is -2.24. The van der Waals surface area contributed by atoms with Crippen molar-refractivity contribution in [3.63, 3.8) is 0 Å². The third-order valence-electron chi connectivity index (χ3n) is 13.4. The minimum Gasteiger partial charge on any atom is -0.507 e. The number of carbonyl (C=O) groups excluding carboxylic acids is 4. The van der Waals surface area contributed by atoms with E-state index in [9.17, 15) is 33.4 Å². The Morgan fingerprint density at radius 2 is 1.08 bits per heavy atom. The van der Waals surface area contributed by atoms with Crippen LogP contribution in [0.25, 0.3) is 0 Å². The van der Waals surface area contributed by atoms with Crippen molar-refractivity contribution in [1.82, 2.24) is 10.2 Å². The molecule has 0 amide bonds. The molecule has 2 heterocycles. The Morgan fingerprint density at radius 1 is 0.667 bits per heavy atom. The largest absolute Gasteiger partial charge is 0.507 e. The number of carbonyl (C=O) groups is 4. The van der Waals surface area contributed by atoms with Gasteiger partial charge < -0.3 is 37.8 Å². The molecule has 4 atom stereocenters. The number of fused-ring (bicyclic) bond motifs is 2. The Kier molecular flexibility index (Phi) is 22.8. The van der Waals surface area contributed by atoms with Gasteiger partial charge >= 0.3 is 38.9 Å². The molecule has 0 aromatic heterocycles. The number of aromatic hydroxyl groups is 1. The molecule has 0 saturated heterocycles. The second kappa shape index (κ2) is 28.3. The molecule has 0 aliphatic carbocycles. The molecule has 0 spiro atoms. The van der Waals surface area contributed by atoms with Crippen LogP contribution in [0.3, 0.4) is 0 Å². The van der Waals surface area contributed by atoms with Gasteiger partial charge in [0.15, 0.2) is 0 Å². The summed E-state index contributed by atoms with van der Waals surface area (Å²) in [4.78, 5) is 49.6. The molecular weight excluding hydrogens is 1050 g/mol. The standard InChI is InChI=1S/C32H46NO7PSi.C27H34NO7P/c1-9-26-23(4)28-20-39-32(35)29(28)30(38-18-19-42(6,7)8)27(26)17-16-22(3)21-41(36,33-24(5)31(34)37-10-2)40-25-14-12-11-13-15-25;1-6-21-18(4)23-15-34-27(31)24(23)25(29)22(21)14-13-17(3)16-36(32,28-19(5)26(30)33-7-2)35-20-11-9-8-10-12-20/h11-16,24H,9-10,17-21H2,1-8H3,(H,33,36);8-13,19,29H,6-7,14-16H2,1-5H3,(H,28,32)/b22-16+;17-13+/t24-,41?;19-,36?/m00/s1. The molecule has 4 aromatic carbocycles. The first-order valence-electron chi connectivity index (χ1n) is 26.8. The van der Waals surface area contributed by atoms with Gasteiger partial charge in [-0.15, -0.1) is 0 Å². The molecule has 3 N–H and O–H groups in total. The Hall–Kier alpha value is -5.96. The van der Waals surface area contributed by atoms with E-state index in [1.165, 1.54) is 0 Å². The minimum atomic E-state index is -3.57. The van der Waals surface area contributed by atoms with Crippen LogP contribution in [0, 0.1) is 13.8 Å². The highest BCUT2D eigenvalue weighted by Crippen LogP contribution is 2.48. The minimum absolute atomic E-state index is 0.0276. The van der Waals surface area contributed by atoms with E-state index in [-0.39, 0.29) is 56.0 Å². The Balaban J connectivity index is 0.000000291. The van der Waals surface area contributed by atoms with Crippen LogP contribution in [0.15, 0.2) is 84.0 Å². The van der Waals surface area contributed by atoms with Crippen molar-refractivity contribution in [3.8, 4) is 23.0 Å². The predicted molar refractivity (Wildman–Crippen MR) is 307 cm³/mol. The molecule has 0 fully saturated rings. The summed E-state index contributed by atoms with van der Waals surface area (Å²) in [5.74, 6) is -0.482. The average molecular weight is 1130 g/mol. The Morgan fingerprint density at radius 3 is 1.50 bits per heavy atom. The molecule has 2 aliphatic rings. The SMILES string of the molecule is CCOC(=O)[C@H](C)NP(=O)(C/C(C)=C/Cc1c(CC)c(C)c2c(c1OCC[Si](C)(C)C)C(=O)OC2)Oc1ccccc1.CCOC(=O)[C@H](C)NP(=O)(C/C(C)=C/Cc1c(O)c2c(c(C)c1CC)COC2=O)Oc1ccccc1. The van der Waals surface area contributed by atoms with Crippen molar-refractivity contribution in [3.05, 3.63) is 140 Å². The van der Waals surface area contributed by atoms with E-state index in [4.69, 9.17) is 32.7 Å². The van der Waals surface area contributed by atoms with Crippen molar-refractivity contribution in [2.24, 2.45) is 0 Å². The highest BCUT2D eigenvalue weighted by Gasteiger charge is 2.36. The van der Waals surface area contributed by atoms with E-state index in [0.29, 0.717) is 54.2 Å². The maximum absolute atomic E-state index is 14.1. The maximum atomic E-state index is 14.1. The van der Waals surface area contributed by atoms with E-state index in [2.05, 4.69) is 36.7 Å². The summed E-state index contributed by atoms with van der Waals surface area (Å²) in [5, 5.41) is 16.7. The number of phenolic OH excluding ortho intramolecular Hbond substituents is 1. The van der Waals surface area contributed by atoms with Crippen molar-refractivity contribution in [2.75, 3.05) is 32.1 Å². The fourth-order valence-electron chi connectivity index (χ4n) is 9.36. The molecule has 0 saturated carbocycles. The third-order valence-corrected chi connectivity index (χ3v) is 19.5. The average Bonchev–Trinajstić information content (AvgIpc) is 4.12. The normalized spacial score (nSPS) is 15.5. The summed E-state index contributed by atoms with van der Waals surface area (Å²) >= 11 is 0. The second-order valence-corrected chi connectivity index (χ2v) is 30.6. The molecule has 0 bridgehead atoms. The van der Waals surface area contributed by atoms with Crippen molar-refractivity contribution >= 4 is 47.0 Å². The van der Waals surface area contributed by atoms with Crippen molar-refractivity contribution < 1.29 is 66.1 Å². The molecule has 16 nitrogen and oxygen atoms in total. The van der Waals surface area contributed by atoms with Crippen LogP contribution in [0.4, 0.5) is 0 Å². The zero-order chi connectivity index (χ0) is 57.5. The van der Waals surface area contributed by atoms with E-state index in [1.54, 1.807) is 76.2 Å². The molecule has 0 radical (unpaired) electrons. The number of para-hydroxylation sites is 2. The quantitative estimate of drug-likeness (QED) is 0.0175. The first-order valence-corrected chi connectivity index (χ1v) is 34.1. The monoisotopic (exact) mass is 1130 g/mol. The first kappa shape index (κ1) is 62.9. The molecule has 2 aliphatic heterocycles. The summed E-state index contributed by atoms with van der Waals surface area (Å²) in [6.07, 6.45) is 6.23. The third kappa shape index (κ3) is 16.8. The number of ether oxygens (including phenoxy) is 5.